The molecule has 1 aliphatic heterocycles. The van der Waals surface area contributed by atoms with Crippen LogP contribution >= 0.6 is 22.9 Å². The maximum atomic E-state index is 13.3. The smallest absolute Gasteiger partial charge is 0.350 e. The number of thiazole rings is 1. The van der Waals surface area contributed by atoms with Crippen LogP contribution in [-0.2, 0) is 14.3 Å². The monoisotopic (exact) mass is 526 g/mol. The van der Waals surface area contributed by atoms with E-state index in [0.29, 0.717) is 34.2 Å². The van der Waals surface area contributed by atoms with Crippen molar-refractivity contribution in [2.24, 2.45) is 0 Å². The Labute approximate surface area is 216 Å². The zero-order valence-electron chi connectivity index (χ0n) is 19.8. The van der Waals surface area contributed by atoms with Crippen LogP contribution in [0.1, 0.15) is 46.4 Å². The number of nitrogens with zero attached hydrogens (tertiary/aromatic N) is 2. The number of rotatable bonds is 7. The van der Waals surface area contributed by atoms with Gasteiger partial charge in [-0.15, -0.1) is 0 Å². The highest BCUT2D eigenvalue weighted by Crippen LogP contribution is 2.44. The number of carbonyl (C=O) groups excluding carboxylic acids is 3. The standard InChI is InChI=1S/C26H23ClN2O6S/c1-4-34-18-8-6-7-16(13-18)21(30)19-20(15-9-11-17(27)12-10-15)29(24(32)22(19)31)26-28-14(3)23(36-26)25(33)35-5-2/h6-13,20,30H,4-5H2,1-3H3/b21-19+. The number of hydrogen-bond acceptors (Lipinski definition) is 8. The number of aliphatic hydroxyl groups excluding tert-OH is 1. The molecule has 1 unspecified atom stereocenters. The van der Waals surface area contributed by atoms with E-state index in [1.54, 1.807) is 62.4 Å². The van der Waals surface area contributed by atoms with Crippen LogP contribution in [0.2, 0.25) is 5.02 Å². The quantitative estimate of drug-likeness (QED) is 0.192. The number of hydrogen-bond donors (Lipinski definition) is 1. The average Bonchev–Trinajstić information content (AvgIpc) is 3.36. The molecule has 4 rings (SSSR count). The SMILES string of the molecule is CCOC(=O)c1sc(N2C(=O)C(=O)/C(=C(/O)c3cccc(OCC)c3)C2c2ccc(Cl)cc2)nc1C. The molecule has 8 nitrogen and oxygen atoms in total. The maximum absolute atomic E-state index is 13.3. The highest BCUT2D eigenvalue weighted by molar-refractivity contribution is 7.17. The first-order valence-electron chi connectivity index (χ1n) is 11.2. The number of Topliss-reactive ketones (excluding diaryl/α,β-unsaturated/α-hetero) is 1. The fourth-order valence-electron chi connectivity index (χ4n) is 3.92. The average molecular weight is 527 g/mol. The van der Waals surface area contributed by atoms with Gasteiger partial charge in [-0.1, -0.05) is 47.2 Å². The van der Waals surface area contributed by atoms with Gasteiger partial charge in [0.1, 0.15) is 16.4 Å². The molecule has 36 heavy (non-hydrogen) atoms. The Morgan fingerprint density at radius 1 is 1.14 bits per heavy atom. The van der Waals surface area contributed by atoms with Gasteiger partial charge in [-0.3, -0.25) is 14.5 Å². The van der Waals surface area contributed by atoms with Gasteiger partial charge in [-0.2, -0.15) is 0 Å². The number of aliphatic hydroxyl groups is 1. The number of benzene rings is 2. The molecule has 1 N–H and O–H groups in total. The summed E-state index contributed by atoms with van der Waals surface area (Å²) in [6.45, 7) is 5.75. The summed E-state index contributed by atoms with van der Waals surface area (Å²) in [7, 11) is 0. The van der Waals surface area contributed by atoms with E-state index in [0.717, 1.165) is 11.3 Å². The first kappa shape index (κ1) is 25.4. The molecular weight excluding hydrogens is 504 g/mol. The maximum Gasteiger partial charge on any atom is 0.350 e. The fraction of sp³-hybridized carbons (Fsp3) is 0.231. The summed E-state index contributed by atoms with van der Waals surface area (Å²) in [5.41, 5.74) is 1.11. The molecule has 186 valence electrons. The molecule has 1 atom stereocenters. The molecule has 2 heterocycles. The van der Waals surface area contributed by atoms with Crippen molar-refractivity contribution in [1.29, 1.82) is 0 Å². The third-order valence-corrected chi connectivity index (χ3v) is 6.89. The first-order valence-corrected chi connectivity index (χ1v) is 12.4. The Kier molecular flexibility index (Phi) is 7.42. The van der Waals surface area contributed by atoms with Crippen LogP contribution in [0.5, 0.6) is 5.75 Å². The number of esters is 1. The zero-order valence-corrected chi connectivity index (χ0v) is 21.4. The topological polar surface area (TPSA) is 106 Å². The van der Waals surface area contributed by atoms with Crippen molar-refractivity contribution in [3.8, 4) is 5.75 Å². The molecule has 1 fully saturated rings. The second kappa shape index (κ2) is 10.5. The van der Waals surface area contributed by atoms with Gasteiger partial charge in [-0.05, 0) is 50.6 Å². The number of amides is 1. The lowest BCUT2D eigenvalue weighted by Crippen LogP contribution is -2.29. The minimum Gasteiger partial charge on any atom is -0.507 e. The highest BCUT2D eigenvalue weighted by atomic mass is 35.5. The molecule has 0 aliphatic carbocycles. The van der Waals surface area contributed by atoms with E-state index in [9.17, 15) is 19.5 Å². The Balaban J connectivity index is 1.89. The van der Waals surface area contributed by atoms with Crippen LogP contribution in [0.4, 0.5) is 5.13 Å². The van der Waals surface area contributed by atoms with E-state index in [1.165, 1.54) is 4.90 Å². The molecule has 1 aliphatic rings. The molecule has 1 saturated heterocycles. The fourth-order valence-corrected chi connectivity index (χ4v) is 5.03. The Morgan fingerprint density at radius 2 is 1.86 bits per heavy atom. The minimum absolute atomic E-state index is 0.110. The molecule has 2 aromatic carbocycles. The summed E-state index contributed by atoms with van der Waals surface area (Å²) >= 11 is 7.02. The lowest BCUT2D eigenvalue weighted by Gasteiger charge is -2.23. The van der Waals surface area contributed by atoms with Crippen LogP contribution in [0, 0.1) is 6.92 Å². The predicted octanol–water partition coefficient (Wildman–Crippen LogP) is 5.31. The molecule has 10 heteroatoms. The molecule has 0 saturated carbocycles. The number of aromatic nitrogens is 1. The Morgan fingerprint density at radius 3 is 2.53 bits per heavy atom. The van der Waals surface area contributed by atoms with E-state index in [4.69, 9.17) is 21.1 Å². The number of halogens is 1. The second-order valence-corrected chi connectivity index (χ2v) is 9.23. The molecular formula is C26H23ClN2O6S. The predicted molar refractivity (Wildman–Crippen MR) is 137 cm³/mol. The number of ketones is 1. The van der Waals surface area contributed by atoms with Gasteiger partial charge in [0.15, 0.2) is 5.13 Å². The van der Waals surface area contributed by atoms with Gasteiger partial charge in [0.2, 0.25) is 0 Å². The number of ether oxygens (including phenoxy) is 2. The molecule has 1 amide bonds. The highest BCUT2D eigenvalue weighted by Gasteiger charge is 2.48. The number of anilines is 1. The van der Waals surface area contributed by atoms with Gasteiger partial charge in [0, 0.05) is 10.6 Å². The zero-order chi connectivity index (χ0) is 26.0. The van der Waals surface area contributed by atoms with Crippen molar-refractivity contribution < 1.29 is 29.0 Å². The summed E-state index contributed by atoms with van der Waals surface area (Å²) in [4.78, 5) is 44.8. The summed E-state index contributed by atoms with van der Waals surface area (Å²) in [6, 6.07) is 12.2. The minimum atomic E-state index is -1.00. The van der Waals surface area contributed by atoms with Crippen molar-refractivity contribution in [1.82, 2.24) is 4.98 Å². The van der Waals surface area contributed by atoms with Crippen LogP contribution < -0.4 is 9.64 Å². The van der Waals surface area contributed by atoms with Gasteiger partial charge in [0.05, 0.1) is 30.5 Å². The van der Waals surface area contributed by atoms with E-state index in [2.05, 4.69) is 4.98 Å². The lowest BCUT2D eigenvalue weighted by molar-refractivity contribution is -0.132. The van der Waals surface area contributed by atoms with Crippen LogP contribution in [0.15, 0.2) is 54.1 Å². The van der Waals surface area contributed by atoms with Crippen molar-refractivity contribution in [2.75, 3.05) is 18.1 Å². The second-order valence-electron chi connectivity index (χ2n) is 7.81. The third-order valence-electron chi connectivity index (χ3n) is 5.50. The van der Waals surface area contributed by atoms with Crippen molar-refractivity contribution in [3.63, 3.8) is 0 Å². The van der Waals surface area contributed by atoms with Crippen LogP contribution in [-0.4, -0.2) is 41.0 Å². The third kappa shape index (κ3) is 4.72. The normalized spacial score (nSPS) is 16.9. The van der Waals surface area contributed by atoms with Gasteiger partial charge in [-0.25, -0.2) is 9.78 Å². The lowest BCUT2D eigenvalue weighted by atomic mass is 9.95. The first-order chi connectivity index (χ1) is 17.3. The van der Waals surface area contributed by atoms with Crippen molar-refractivity contribution in [3.05, 3.63) is 80.8 Å². The number of carbonyl (C=O) groups is 3. The van der Waals surface area contributed by atoms with E-state index >= 15 is 0 Å². The summed E-state index contributed by atoms with van der Waals surface area (Å²) in [5, 5.41) is 11.9. The van der Waals surface area contributed by atoms with Crippen molar-refractivity contribution >= 4 is 51.5 Å². The molecule has 0 radical (unpaired) electrons. The number of aryl methyl sites for hydroxylation is 1. The van der Waals surface area contributed by atoms with E-state index in [-0.39, 0.29) is 27.9 Å². The Bertz CT molecular complexity index is 1370. The van der Waals surface area contributed by atoms with Crippen LogP contribution in [0.25, 0.3) is 5.76 Å². The van der Waals surface area contributed by atoms with Gasteiger partial charge >= 0.3 is 11.9 Å². The molecule has 1 aromatic heterocycles. The summed E-state index contributed by atoms with van der Waals surface area (Å²) < 4.78 is 10.6. The largest absolute Gasteiger partial charge is 0.507 e. The van der Waals surface area contributed by atoms with Crippen molar-refractivity contribution in [2.45, 2.75) is 26.8 Å². The summed E-state index contributed by atoms with van der Waals surface area (Å²) in [5.74, 6) is -2.16. The molecule has 0 spiro atoms. The molecule has 3 aromatic rings. The molecule has 0 bridgehead atoms. The summed E-state index contributed by atoms with van der Waals surface area (Å²) in [6.07, 6.45) is 0. The van der Waals surface area contributed by atoms with E-state index in [1.807, 2.05) is 6.92 Å². The van der Waals surface area contributed by atoms with Crippen LogP contribution in [0.3, 0.4) is 0 Å². The van der Waals surface area contributed by atoms with E-state index < -0.39 is 23.7 Å². The van der Waals surface area contributed by atoms with Gasteiger partial charge in [0.25, 0.3) is 5.78 Å². The Hall–Kier alpha value is -3.69. The van der Waals surface area contributed by atoms with Gasteiger partial charge < -0.3 is 14.6 Å².